The van der Waals surface area contributed by atoms with Gasteiger partial charge in [0.1, 0.15) is 24.7 Å². The molecule has 3 aliphatic heterocycles. The summed E-state index contributed by atoms with van der Waals surface area (Å²) < 4.78 is 11.3. The third-order valence-corrected chi connectivity index (χ3v) is 6.23. The number of piperazine rings is 1. The minimum absolute atomic E-state index is 0.0388. The molecule has 3 aliphatic rings. The number of carbonyl (C=O) groups is 1. The summed E-state index contributed by atoms with van der Waals surface area (Å²) in [5, 5.41) is 22.4. The first-order valence-corrected chi connectivity index (χ1v) is 10.9. The fraction of sp³-hybridized carbons (Fsp3) is 0.636. The van der Waals surface area contributed by atoms with Crippen LogP contribution in [0.4, 0.5) is 4.79 Å². The standard InChI is InChI=1S/C22H30N4O4/c23-11-16-4-8-20(9-5-16)30-15-19(27)14-26-17-6-7-18(26)13-25(12-17)22(28)24-21-3-1-2-10-29-21/h4-5,8-9,17-19,21,27H,1-3,6-7,10,12-15H2,(H,24,28). The van der Waals surface area contributed by atoms with Gasteiger partial charge in [-0.25, -0.2) is 4.79 Å². The highest BCUT2D eigenvalue weighted by atomic mass is 16.5. The van der Waals surface area contributed by atoms with Gasteiger partial charge < -0.3 is 24.8 Å². The van der Waals surface area contributed by atoms with Gasteiger partial charge >= 0.3 is 6.03 Å². The summed E-state index contributed by atoms with van der Waals surface area (Å²) in [6.45, 7) is 2.81. The molecule has 4 rings (SSSR count). The molecule has 3 fully saturated rings. The zero-order chi connectivity index (χ0) is 20.9. The first-order valence-electron chi connectivity index (χ1n) is 10.9. The molecule has 0 saturated carbocycles. The maximum absolute atomic E-state index is 12.6. The van der Waals surface area contributed by atoms with Gasteiger partial charge in [-0.1, -0.05) is 0 Å². The number of ether oxygens (including phenoxy) is 2. The largest absolute Gasteiger partial charge is 0.491 e. The van der Waals surface area contributed by atoms with Crippen molar-refractivity contribution in [3.05, 3.63) is 29.8 Å². The Bertz CT molecular complexity index is 745. The average molecular weight is 415 g/mol. The van der Waals surface area contributed by atoms with Crippen molar-refractivity contribution in [2.45, 2.75) is 56.5 Å². The van der Waals surface area contributed by atoms with Gasteiger partial charge in [0.15, 0.2) is 0 Å². The lowest BCUT2D eigenvalue weighted by Gasteiger charge is -2.42. The highest BCUT2D eigenvalue weighted by molar-refractivity contribution is 5.74. The number of nitriles is 1. The van der Waals surface area contributed by atoms with Gasteiger partial charge in [0, 0.05) is 38.3 Å². The van der Waals surface area contributed by atoms with Gasteiger partial charge in [-0.15, -0.1) is 0 Å². The Morgan fingerprint density at radius 1 is 1.23 bits per heavy atom. The van der Waals surface area contributed by atoms with Crippen molar-refractivity contribution in [2.24, 2.45) is 0 Å². The molecule has 4 unspecified atom stereocenters. The molecule has 0 aliphatic carbocycles. The monoisotopic (exact) mass is 414 g/mol. The molecular formula is C22H30N4O4. The molecule has 30 heavy (non-hydrogen) atoms. The van der Waals surface area contributed by atoms with Gasteiger partial charge in [-0.3, -0.25) is 4.90 Å². The Labute approximate surface area is 177 Å². The van der Waals surface area contributed by atoms with Gasteiger partial charge in [-0.05, 0) is 56.4 Å². The van der Waals surface area contributed by atoms with E-state index < -0.39 is 6.10 Å². The summed E-state index contributed by atoms with van der Waals surface area (Å²) in [5.41, 5.74) is 0.580. The second-order valence-corrected chi connectivity index (χ2v) is 8.39. The highest BCUT2D eigenvalue weighted by Crippen LogP contribution is 2.30. The number of aliphatic hydroxyl groups excluding tert-OH is 1. The summed E-state index contributed by atoms with van der Waals surface area (Å²) >= 11 is 0. The third-order valence-electron chi connectivity index (χ3n) is 6.23. The van der Waals surface area contributed by atoms with E-state index in [-0.39, 0.29) is 30.9 Å². The van der Waals surface area contributed by atoms with Gasteiger partial charge in [0.25, 0.3) is 0 Å². The van der Waals surface area contributed by atoms with Crippen molar-refractivity contribution in [3.8, 4) is 11.8 Å². The van der Waals surface area contributed by atoms with Crippen molar-refractivity contribution < 1.29 is 19.4 Å². The van der Waals surface area contributed by atoms with Crippen LogP contribution in [0.3, 0.4) is 0 Å². The number of rotatable bonds is 6. The van der Waals surface area contributed by atoms with E-state index >= 15 is 0 Å². The molecule has 8 nitrogen and oxygen atoms in total. The van der Waals surface area contributed by atoms with E-state index in [1.165, 1.54) is 0 Å². The fourth-order valence-corrected chi connectivity index (χ4v) is 4.65. The number of urea groups is 1. The lowest BCUT2D eigenvalue weighted by Crippen LogP contribution is -2.59. The number of nitrogens with zero attached hydrogens (tertiary/aromatic N) is 3. The van der Waals surface area contributed by atoms with Crippen LogP contribution in [0.1, 0.15) is 37.7 Å². The highest BCUT2D eigenvalue weighted by Gasteiger charge is 2.42. The van der Waals surface area contributed by atoms with Crippen LogP contribution in [-0.2, 0) is 4.74 Å². The maximum atomic E-state index is 12.6. The Kier molecular flexibility index (Phi) is 6.72. The van der Waals surface area contributed by atoms with Crippen LogP contribution in [0.15, 0.2) is 24.3 Å². The Morgan fingerprint density at radius 2 is 1.97 bits per heavy atom. The van der Waals surface area contributed by atoms with Crippen LogP contribution in [-0.4, -0.2) is 78.2 Å². The fourth-order valence-electron chi connectivity index (χ4n) is 4.65. The number of nitrogens with one attached hydrogen (secondary N) is 1. The van der Waals surface area contributed by atoms with Gasteiger partial charge in [0.2, 0.25) is 0 Å². The third kappa shape index (κ3) is 5.04. The van der Waals surface area contributed by atoms with E-state index in [0.29, 0.717) is 37.6 Å². The van der Waals surface area contributed by atoms with Crippen LogP contribution in [0.5, 0.6) is 5.75 Å². The molecule has 0 aromatic heterocycles. The number of amides is 2. The Balaban J connectivity index is 1.24. The number of likely N-dealkylation sites (tertiary alicyclic amines) is 1. The van der Waals surface area contributed by atoms with Crippen molar-refractivity contribution in [1.29, 1.82) is 5.26 Å². The van der Waals surface area contributed by atoms with Crippen molar-refractivity contribution >= 4 is 6.03 Å². The van der Waals surface area contributed by atoms with Crippen LogP contribution < -0.4 is 10.1 Å². The predicted molar refractivity (Wildman–Crippen MR) is 110 cm³/mol. The molecule has 1 aromatic carbocycles. The van der Waals surface area contributed by atoms with Gasteiger partial charge in [0.05, 0.1) is 11.6 Å². The minimum Gasteiger partial charge on any atom is -0.491 e. The number of benzene rings is 1. The van der Waals surface area contributed by atoms with Crippen LogP contribution in [0.25, 0.3) is 0 Å². The molecule has 1 aromatic rings. The summed E-state index contributed by atoms with van der Waals surface area (Å²) in [7, 11) is 0. The number of aliphatic hydroxyl groups is 1. The zero-order valence-corrected chi connectivity index (χ0v) is 17.2. The molecule has 8 heteroatoms. The molecule has 2 amide bonds. The Morgan fingerprint density at radius 3 is 2.60 bits per heavy atom. The Hall–Kier alpha value is -2.34. The van der Waals surface area contributed by atoms with E-state index in [4.69, 9.17) is 14.7 Å². The van der Waals surface area contributed by atoms with Crippen molar-refractivity contribution in [3.63, 3.8) is 0 Å². The molecule has 3 saturated heterocycles. The van der Waals surface area contributed by atoms with E-state index in [2.05, 4.69) is 16.3 Å². The average Bonchev–Trinajstić information content (AvgIpc) is 2.99. The maximum Gasteiger partial charge on any atom is 0.319 e. The molecule has 4 atom stereocenters. The van der Waals surface area contributed by atoms with E-state index in [1.54, 1.807) is 24.3 Å². The second kappa shape index (κ2) is 9.65. The summed E-state index contributed by atoms with van der Waals surface area (Å²) in [6.07, 6.45) is 4.33. The number of hydrogen-bond donors (Lipinski definition) is 2. The van der Waals surface area contributed by atoms with Gasteiger partial charge in [-0.2, -0.15) is 5.26 Å². The molecule has 0 radical (unpaired) electrons. The van der Waals surface area contributed by atoms with Crippen LogP contribution >= 0.6 is 0 Å². The second-order valence-electron chi connectivity index (χ2n) is 8.39. The molecule has 2 N–H and O–H groups in total. The van der Waals surface area contributed by atoms with E-state index in [1.807, 2.05) is 4.90 Å². The summed E-state index contributed by atoms with van der Waals surface area (Å²) in [5.74, 6) is 0.641. The molecule has 0 spiro atoms. The quantitative estimate of drug-likeness (QED) is 0.735. The topological polar surface area (TPSA) is 98.1 Å². The first kappa shape index (κ1) is 20.9. The lowest BCUT2D eigenvalue weighted by molar-refractivity contribution is -0.00736. The predicted octanol–water partition coefficient (Wildman–Crippen LogP) is 1.68. The smallest absolute Gasteiger partial charge is 0.319 e. The lowest BCUT2D eigenvalue weighted by atomic mass is 10.1. The van der Waals surface area contributed by atoms with E-state index in [0.717, 1.165) is 32.1 Å². The van der Waals surface area contributed by atoms with Crippen molar-refractivity contribution in [2.75, 3.05) is 32.8 Å². The summed E-state index contributed by atoms with van der Waals surface area (Å²) in [6, 6.07) is 9.45. The van der Waals surface area contributed by atoms with Crippen LogP contribution in [0.2, 0.25) is 0 Å². The number of hydrogen-bond acceptors (Lipinski definition) is 6. The molecule has 162 valence electrons. The minimum atomic E-state index is -0.611. The summed E-state index contributed by atoms with van der Waals surface area (Å²) in [4.78, 5) is 16.9. The molecule has 2 bridgehead atoms. The normalized spacial score (nSPS) is 27.3. The number of fused-ring (bicyclic) bond motifs is 2. The molecular weight excluding hydrogens is 384 g/mol. The van der Waals surface area contributed by atoms with E-state index in [9.17, 15) is 9.90 Å². The molecule has 3 heterocycles. The SMILES string of the molecule is N#Cc1ccc(OCC(O)CN2C3CCC2CN(C(=O)NC2CCCCO2)C3)cc1. The van der Waals surface area contributed by atoms with Crippen molar-refractivity contribution in [1.82, 2.24) is 15.1 Å². The zero-order valence-electron chi connectivity index (χ0n) is 17.2. The number of carbonyl (C=O) groups excluding carboxylic acids is 1. The van der Waals surface area contributed by atoms with Crippen LogP contribution in [0, 0.1) is 11.3 Å². The first-order chi connectivity index (χ1) is 14.6.